The Labute approximate surface area is 182 Å². The Morgan fingerprint density at radius 3 is 2.43 bits per heavy atom. The standard InChI is InChI=1S/C19H20ClF3N2O3S2/c1-30(27,28)25(17-11-15(19(21,22)23)7-8-16(17)20)12-18(26)24-9-10-29-13-14-5-3-2-4-6-14/h2-8,11H,9-10,12-13H2,1H3,(H,24,26). The van der Waals surface area contributed by atoms with Crippen molar-refractivity contribution in [2.45, 2.75) is 11.9 Å². The molecule has 30 heavy (non-hydrogen) atoms. The Morgan fingerprint density at radius 2 is 1.83 bits per heavy atom. The Balaban J connectivity index is 1.99. The number of alkyl halides is 3. The predicted octanol–water partition coefficient (Wildman–Crippen LogP) is 4.17. The zero-order valence-corrected chi connectivity index (χ0v) is 18.3. The highest BCUT2D eigenvalue weighted by Gasteiger charge is 2.33. The summed E-state index contributed by atoms with van der Waals surface area (Å²) < 4.78 is 63.8. The smallest absolute Gasteiger partial charge is 0.354 e. The number of nitrogens with one attached hydrogen (secondary N) is 1. The van der Waals surface area contributed by atoms with Gasteiger partial charge >= 0.3 is 6.18 Å². The molecule has 2 aromatic carbocycles. The van der Waals surface area contributed by atoms with Crippen molar-refractivity contribution in [1.82, 2.24) is 5.32 Å². The van der Waals surface area contributed by atoms with Crippen LogP contribution in [0.3, 0.4) is 0 Å². The second-order valence-corrected chi connectivity index (χ2v) is 9.74. The van der Waals surface area contributed by atoms with Gasteiger partial charge in [-0.3, -0.25) is 9.10 Å². The van der Waals surface area contributed by atoms with E-state index < -0.39 is 39.9 Å². The quantitative estimate of drug-likeness (QED) is 0.547. The highest BCUT2D eigenvalue weighted by atomic mass is 35.5. The molecule has 11 heteroatoms. The van der Waals surface area contributed by atoms with E-state index in [0.29, 0.717) is 16.1 Å². The number of nitrogens with zero attached hydrogens (tertiary/aromatic N) is 1. The maximum absolute atomic E-state index is 13.0. The fourth-order valence-electron chi connectivity index (χ4n) is 2.47. The lowest BCUT2D eigenvalue weighted by Gasteiger charge is -2.24. The molecule has 2 aromatic rings. The first-order valence-electron chi connectivity index (χ1n) is 8.71. The van der Waals surface area contributed by atoms with Crippen LogP contribution in [0.15, 0.2) is 48.5 Å². The number of halogens is 4. The van der Waals surface area contributed by atoms with Gasteiger partial charge in [0, 0.05) is 18.1 Å². The summed E-state index contributed by atoms with van der Waals surface area (Å²) in [4.78, 5) is 12.2. The molecule has 0 spiro atoms. The van der Waals surface area contributed by atoms with Gasteiger partial charge in [-0.05, 0) is 23.8 Å². The van der Waals surface area contributed by atoms with Crippen LogP contribution in [0.4, 0.5) is 18.9 Å². The summed E-state index contributed by atoms with van der Waals surface area (Å²) in [6.07, 6.45) is -3.88. The third kappa shape index (κ3) is 7.41. The van der Waals surface area contributed by atoms with Crippen molar-refractivity contribution in [3.05, 3.63) is 64.7 Å². The topological polar surface area (TPSA) is 66.5 Å². The molecule has 0 aliphatic rings. The first-order valence-corrected chi connectivity index (χ1v) is 12.1. The Kier molecular flexibility index (Phi) is 8.45. The van der Waals surface area contributed by atoms with Gasteiger partial charge in [-0.1, -0.05) is 41.9 Å². The van der Waals surface area contributed by atoms with Crippen LogP contribution in [0, 0.1) is 0 Å². The molecule has 0 aliphatic carbocycles. The van der Waals surface area contributed by atoms with Gasteiger partial charge in [-0.25, -0.2) is 8.42 Å². The maximum atomic E-state index is 13.0. The van der Waals surface area contributed by atoms with Crippen LogP contribution in [0.1, 0.15) is 11.1 Å². The van der Waals surface area contributed by atoms with Crippen LogP contribution in [-0.4, -0.2) is 39.4 Å². The lowest BCUT2D eigenvalue weighted by Crippen LogP contribution is -2.41. The van der Waals surface area contributed by atoms with Gasteiger partial charge in [-0.2, -0.15) is 24.9 Å². The average molecular weight is 481 g/mol. The summed E-state index contributed by atoms with van der Waals surface area (Å²) in [5, 5.41) is 2.37. The number of rotatable bonds is 9. The molecule has 164 valence electrons. The van der Waals surface area contributed by atoms with Gasteiger partial charge in [0.1, 0.15) is 6.54 Å². The number of anilines is 1. The highest BCUT2D eigenvalue weighted by molar-refractivity contribution is 7.98. The lowest BCUT2D eigenvalue weighted by atomic mass is 10.2. The minimum absolute atomic E-state index is 0.209. The van der Waals surface area contributed by atoms with E-state index >= 15 is 0 Å². The summed E-state index contributed by atoms with van der Waals surface area (Å²) in [5.74, 6) is 0.699. The largest absolute Gasteiger partial charge is 0.416 e. The van der Waals surface area contributed by atoms with E-state index in [4.69, 9.17) is 11.6 Å². The predicted molar refractivity (Wildman–Crippen MR) is 114 cm³/mol. The lowest BCUT2D eigenvalue weighted by molar-refractivity contribution is -0.137. The molecule has 5 nitrogen and oxygen atoms in total. The summed E-state index contributed by atoms with van der Waals surface area (Å²) in [6.45, 7) is -0.395. The molecular formula is C19H20ClF3N2O3S2. The number of benzene rings is 2. The minimum atomic E-state index is -4.68. The molecule has 0 atom stereocenters. The number of hydrogen-bond donors (Lipinski definition) is 1. The molecule has 0 saturated carbocycles. The summed E-state index contributed by atoms with van der Waals surface area (Å²) in [5.41, 5.74) is -0.327. The number of carbonyl (C=O) groups excluding carboxylic acids is 1. The van der Waals surface area contributed by atoms with Crippen LogP contribution >= 0.6 is 23.4 Å². The summed E-state index contributed by atoms with van der Waals surface area (Å²) in [6, 6.07) is 12.0. The van der Waals surface area contributed by atoms with E-state index in [9.17, 15) is 26.4 Å². The zero-order valence-electron chi connectivity index (χ0n) is 15.9. The molecular weight excluding hydrogens is 461 g/mol. The van der Waals surface area contributed by atoms with Crippen molar-refractivity contribution in [3.8, 4) is 0 Å². The van der Waals surface area contributed by atoms with E-state index in [2.05, 4.69) is 5.32 Å². The zero-order chi connectivity index (χ0) is 22.4. The molecule has 1 N–H and O–H groups in total. The van der Waals surface area contributed by atoms with Crippen LogP contribution in [0.5, 0.6) is 0 Å². The van der Waals surface area contributed by atoms with E-state index in [-0.39, 0.29) is 11.6 Å². The van der Waals surface area contributed by atoms with Crippen LogP contribution < -0.4 is 9.62 Å². The van der Waals surface area contributed by atoms with Crippen LogP contribution in [0.25, 0.3) is 0 Å². The maximum Gasteiger partial charge on any atom is 0.416 e. The van der Waals surface area contributed by atoms with E-state index in [1.807, 2.05) is 30.3 Å². The number of thioether (sulfide) groups is 1. The first kappa shape index (κ1) is 24.4. The Hall–Kier alpha value is -1.91. The molecule has 0 heterocycles. The fourth-order valence-corrected chi connectivity index (χ4v) is 4.42. The van der Waals surface area contributed by atoms with Crippen molar-refractivity contribution in [3.63, 3.8) is 0 Å². The molecule has 0 unspecified atom stereocenters. The molecule has 0 fully saturated rings. The van der Waals surface area contributed by atoms with Crippen molar-refractivity contribution < 1.29 is 26.4 Å². The minimum Gasteiger partial charge on any atom is -0.354 e. The van der Waals surface area contributed by atoms with Gasteiger partial charge < -0.3 is 5.32 Å². The number of carbonyl (C=O) groups is 1. The Morgan fingerprint density at radius 1 is 1.17 bits per heavy atom. The molecule has 0 saturated heterocycles. The van der Waals surface area contributed by atoms with Gasteiger partial charge in [0.25, 0.3) is 0 Å². The van der Waals surface area contributed by atoms with Gasteiger partial charge in [-0.15, -0.1) is 0 Å². The van der Waals surface area contributed by atoms with Gasteiger partial charge in [0.05, 0.1) is 22.5 Å². The van der Waals surface area contributed by atoms with Crippen molar-refractivity contribution in [1.29, 1.82) is 0 Å². The monoisotopic (exact) mass is 480 g/mol. The van der Waals surface area contributed by atoms with E-state index in [0.717, 1.165) is 29.7 Å². The third-order valence-electron chi connectivity index (χ3n) is 3.91. The van der Waals surface area contributed by atoms with E-state index in [1.54, 1.807) is 11.8 Å². The third-order valence-corrected chi connectivity index (χ3v) is 6.39. The molecule has 0 aliphatic heterocycles. The number of sulfonamides is 1. The summed E-state index contributed by atoms with van der Waals surface area (Å²) in [7, 11) is -4.05. The van der Waals surface area contributed by atoms with Crippen molar-refractivity contribution in [2.24, 2.45) is 0 Å². The second-order valence-electron chi connectivity index (χ2n) is 6.32. The molecule has 0 radical (unpaired) electrons. The fraction of sp³-hybridized carbons (Fsp3) is 0.316. The van der Waals surface area contributed by atoms with E-state index in [1.165, 1.54) is 0 Å². The molecule has 1 amide bonds. The molecule has 0 bridgehead atoms. The second kappa shape index (κ2) is 10.4. The van der Waals surface area contributed by atoms with Crippen molar-refractivity contribution >= 4 is 45.0 Å². The van der Waals surface area contributed by atoms with Crippen LogP contribution in [0.2, 0.25) is 5.02 Å². The average Bonchev–Trinajstić information content (AvgIpc) is 2.65. The summed E-state index contributed by atoms with van der Waals surface area (Å²) >= 11 is 7.51. The number of amides is 1. The number of hydrogen-bond acceptors (Lipinski definition) is 4. The van der Waals surface area contributed by atoms with Gasteiger partial charge in [0.2, 0.25) is 15.9 Å². The normalized spacial score (nSPS) is 11.9. The molecule has 2 rings (SSSR count). The van der Waals surface area contributed by atoms with Gasteiger partial charge in [0.15, 0.2) is 0 Å². The first-order chi connectivity index (χ1) is 14.0. The molecule has 0 aromatic heterocycles. The Bertz CT molecular complexity index is 971. The SMILES string of the molecule is CS(=O)(=O)N(CC(=O)NCCSCc1ccccc1)c1cc(C(F)(F)F)ccc1Cl. The van der Waals surface area contributed by atoms with Crippen LogP contribution in [-0.2, 0) is 26.7 Å². The van der Waals surface area contributed by atoms with Crippen molar-refractivity contribution in [2.75, 3.05) is 29.4 Å². The highest BCUT2D eigenvalue weighted by Crippen LogP contribution is 2.36.